The highest BCUT2D eigenvalue weighted by Gasteiger charge is 2.18. The molecule has 2 aromatic rings. The number of aromatic hydroxyl groups is 1. The van der Waals surface area contributed by atoms with Gasteiger partial charge in [-0.15, -0.1) is 0 Å². The number of aryl methyl sites for hydroxylation is 1. The maximum atomic E-state index is 12.2. The molecule has 0 aliphatic carbocycles. The number of methoxy groups -OCH3 is 1. The normalized spacial score (nSPS) is 13.6. The average Bonchev–Trinajstić information content (AvgIpc) is 2.63. The zero-order valence-corrected chi connectivity index (χ0v) is 14.1. The van der Waals surface area contributed by atoms with Crippen LogP contribution in [-0.2, 0) is 11.2 Å². The number of nitrogens with one attached hydrogen (secondary N) is 1. The number of hydrazone groups is 1. The maximum absolute atomic E-state index is 12.2. The topological polar surface area (TPSA) is 74.2 Å². The number of para-hydroxylation sites is 1. The van der Waals surface area contributed by atoms with Crippen LogP contribution in [0.2, 0.25) is 0 Å². The van der Waals surface area contributed by atoms with Crippen molar-refractivity contribution in [3.05, 3.63) is 53.6 Å². The molecule has 1 aliphatic heterocycles. The predicted molar refractivity (Wildman–Crippen MR) is 97.4 cm³/mol. The van der Waals surface area contributed by atoms with Crippen LogP contribution in [0.25, 0.3) is 0 Å². The summed E-state index contributed by atoms with van der Waals surface area (Å²) in [4.78, 5) is 14.2. The molecule has 0 bridgehead atoms. The first-order chi connectivity index (χ1) is 12.2. The number of nitrogens with zero attached hydrogens (tertiary/aromatic N) is 2. The summed E-state index contributed by atoms with van der Waals surface area (Å²) in [6.07, 6.45) is 3.48. The quantitative estimate of drug-likeness (QED) is 0.647. The second kappa shape index (κ2) is 7.70. The molecule has 1 aliphatic rings. The highest BCUT2D eigenvalue weighted by molar-refractivity contribution is 5.87. The Hall–Kier alpha value is -3.02. The van der Waals surface area contributed by atoms with Crippen molar-refractivity contribution in [3.63, 3.8) is 0 Å². The van der Waals surface area contributed by atoms with Crippen molar-refractivity contribution in [2.24, 2.45) is 5.10 Å². The lowest BCUT2D eigenvalue weighted by atomic mass is 10.0. The fourth-order valence-corrected chi connectivity index (χ4v) is 2.92. The summed E-state index contributed by atoms with van der Waals surface area (Å²) in [5.41, 5.74) is 5.37. The summed E-state index contributed by atoms with van der Waals surface area (Å²) >= 11 is 0. The number of phenolic OH excluding ortho intramolecular Hbond substituents is 1. The summed E-state index contributed by atoms with van der Waals surface area (Å²) in [5.74, 6) is 0.481. The van der Waals surface area contributed by atoms with Gasteiger partial charge in [-0.3, -0.25) is 4.79 Å². The first kappa shape index (κ1) is 16.8. The summed E-state index contributed by atoms with van der Waals surface area (Å²) < 4.78 is 5.10. The van der Waals surface area contributed by atoms with Crippen LogP contribution in [0.3, 0.4) is 0 Å². The third-order valence-corrected chi connectivity index (χ3v) is 4.17. The van der Waals surface area contributed by atoms with E-state index in [1.165, 1.54) is 17.8 Å². The van der Waals surface area contributed by atoms with Gasteiger partial charge in [0.2, 0.25) is 0 Å². The summed E-state index contributed by atoms with van der Waals surface area (Å²) in [7, 11) is 1.55. The predicted octanol–water partition coefficient (Wildman–Crippen LogP) is 2.30. The summed E-state index contributed by atoms with van der Waals surface area (Å²) in [5, 5.41) is 13.7. The number of hydrogen-bond acceptors (Lipinski definition) is 5. The number of anilines is 1. The molecule has 2 aromatic carbocycles. The zero-order valence-electron chi connectivity index (χ0n) is 14.1. The molecule has 1 heterocycles. The lowest BCUT2D eigenvalue weighted by molar-refractivity contribution is -0.119. The summed E-state index contributed by atoms with van der Waals surface area (Å²) in [6, 6.07) is 13.0. The fourth-order valence-electron chi connectivity index (χ4n) is 2.92. The molecule has 0 saturated heterocycles. The summed E-state index contributed by atoms with van der Waals surface area (Å²) in [6.45, 7) is 1.10. The third kappa shape index (κ3) is 4.09. The van der Waals surface area contributed by atoms with Crippen molar-refractivity contribution in [1.82, 2.24) is 5.43 Å². The highest BCUT2D eigenvalue weighted by Crippen LogP contribution is 2.26. The molecule has 0 saturated carbocycles. The van der Waals surface area contributed by atoms with Crippen molar-refractivity contribution in [1.29, 1.82) is 0 Å². The number of carbonyl (C=O) groups is 1. The molecule has 2 N–H and O–H groups in total. The Labute approximate surface area is 146 Å². The number of phenols is 1. The molecule has 3 rings (SSSR count). The Balaban J connectivity index is 1.61. The number of fused-ring (bicyclic) bond motifs is 1. The van der Waals surface area contributed by atoms with Gasteiger partial charge in [0.05, 0.1) is 19.9 Å². The van der Waals surface area contributed by atoms with Gasteiger partial charge in [0, 0.05) is 17.8 Å². The molecule has 130 valence electrons. The molecule has 0 unspecified atom stereocenters. The van der Waals surface area contributed by atoms with Crippen LogP contribution in [0.1, 0.15) is 17.5 Å². The second-order valence-corrected chi connectivity index (χ2v) is 5.87. The molecule has 6 nitrogen and oxygen atoms in total. The van der Waals surface area contributed by atoms with Gasteiger partial charge in [0.15, 0.2) is 0 Å². The smallest absolute Gasteiger partial charge is 0.259 e. The van der Waals surface area contributed by atoms with E-state index in [1.807, 2.05) is 18.2 Å². The molecule has 0 aromatic heterocycles. The van der Waals surface area contributed by atoms with Crippen LogP contribution >= 0.6 is 0 Å². The van der Waals surface area contributed by atoms with Crippen LogP contribution in [0.4, 0.5) is 5.69 Å². The van der Waals surface area contributed by atoms with E-state index >= 15 is 0 Å². The van der Waals surface area contributed by atoms with Gasteiger partial charge in [-0.05, 0) is 42.7 Å². The Morgan fingerprint density at radius 3 is 3.04 bits per heavy atom. The zero-order chi connectivity index (χ0) is 17.6. The van der Waals surface area contributed by atoms with Gasteiger partial charge < -0.3 is 14.7 Å². The molecule has 0 atom stereocenters. The fraction of sp³-hybridized carbons (Fsp3) is 0.263. The third-order valence-electron chi connectivity index (χ3n) is 4.17. The molecule has 0 radical (unpaired) electrons. The van der Waals surface area contributed by atoms with Crippen LogP contribution in [-0.4, -0.2) is 37.4 Å². The van der Waals surface area contributed by atoms with Gasteiger partial charge in [-0.2, -0.15) is 5.10 Å². The number of hydrogen-bond donors (Lipinski definition) is 2. The Morgan fingerprint density at radius 1 is 1.36 bits per heavy atom. The van der Waals surface area contributed by atoms with E-state index in [4.69, 9.17) is 4.74 Å². The SMILES string of the molecule is COc1ccc(O)c(/C=N/NC(=O)CN2CCCc3ccccc32)c1. The van der Waals surface area contributed by atoms with E-state index in [9.17, 15) is 9.90 Å². The molecular weight excluding hydrogens is 318 g/mol. The minimum Gasteiger partial charge on any atom is -0.507 e. The van der Waals surface area contributed by atoms with Gasteiger partial charge in [0.25, 0.3) is 5.91 Å². The Kier molecular flexibility index (Phi) is 5.18. The van der Waals surface area contributed by atoms with Crippen molar-refractivity contribution in [2.75, 3.05) is 25.1 Å². The minimum absolute atomic E-state index is 0.0729. The van der Waals surface area contributed by atoms with Gasteiger partial charge in [-0.1, -0.05) is 18.2 Å². The van der Waals surface area contributed by atoms with E-state index in [0.29, 0.717) is 11.3 Å². The standard InChI is InChI=1S/C19H21N3O3/c1-25-16-8-9-18(23)15(11-16)12-20-21-19(24)13-22-10-4-6-14-5-2-3-7-17(14)22/h2-3,5,7-9,11-12,23H,4,6,10,13H2,1H3,(H,21,24)/b20-12+. The van der Waals surface area contributed by atoms with E-state index in [2.05, 4.69) is 21.5 Å². The van der Waals surface area contributed by atoms with Crippen molar-refractivity contribution in [3.8, 4) is 11.5 Å². The number of amides is 1. The lowest BCUT2D eigenvalue weighted by Crippen LogP contribution is -2.38. The molecule has 25 heavy (non-hydrogen) atoms. The molecule has 6 heteroatoms. The number of rotatable bonds is 5. The largest absolute Gasteiger partial charge is 0.507 e. The van der Waals surface area contributed by atoms with Crippen LogP contribution in [0, 0.1) is 0 Å². The van der Waals surface area contributed by atoms with E-state index in [1.54, 1.807) is 19.2 Å². The van der Waals surface area contributed by atoms with Crippen LogP contribution < -0.4 is 15.1 Å². The van der Waals surface area contributed by atoms with Crippen molar-refractivity contribution < 1.29 is 14.6 Å². The van der Waals surface area contributed by atoms with E-state index in [0.717, 1.165) is 25.1 Å². The monoisotopic (exact) mass is 339 g/mol. The van der Waals surface area contributed by atoms with Gasteiger partial charge in [-0.25, -0.2) is 5.43 Å². The van der Waals surface area contributed by atoms with E-state index in [-0.39, 0.29) is 18.2 Å². The maximum Gasteiger partial charge on any atom is 0.259 e. The van der Waals surface area contributed by atoms with Crippen molar-refractivity contribution in [2.45, 2.75) is 12.8 Å². The highest BCUT2D eigenvalue weighted by atomic mass is 16.5. The number of carbonyl (C=O) groups excluding carboxylic acids is 1. The number of benzene rings is 2. The lowest BCUT2D eigenvalue weighted by Gasteiger charge is -2.30. The molecule has 0 fully saturated rings. The Bertz CT molecular complexity index is 789. The van der Waals surface area contributed by atoms with Gasteiger partial charge >= 0.3 is 0 Å². The van der Waals surface area contributed by atoms with Gasteiger partial charge in [0.1, 0.15) is 11.5 Å². The van der Waals surface area contributed by atoms with Crippen molar-refractivity contribution >= 4 is 17.8 Å². The molecule has 0 spiro atoms. The average molecular weight is 339 g/mol. The minimum atomic E-state index is -0.199. The van der Waals surface area contributed by atoms with Crippen LogP contribution in [0.5, 0.6) is 11.5 Å². The number of ether oxygens (including phenoxy) is 1. The van der Waals surface area contributed by atoms with Crippen LogP contribution in [0.15, 0.2) is 47.6 Å². The Morgan fingerprint density at radius 2 is 2.20 bits per heavy atom. The second-order valence-electron chi connectivity index (χ2n) is 5.87. The first-order valence-corrected chi connectivity index (χ1v) is 8.19. The molecule has 1 amide bonds. The molecular formula is C19H21N3O3. The first-order valence-electron chi connectivity index (χ1n) is 8.19. The van der Waals surface area contributed by atoms with E-state index < -0.39 is 0 Å².